The highest BCUT2D eigenvalue weighted by Gasteiger charge is 2.29. The Balaban J connectivity index is 1.13. The van der Waals surface area contributed by atoms with Crippen LogP contribution in [0.5, 0.6) is 5.75 Å². The van der Waals surface area contributed by atoms with Gasteiger partial charge in [0.05, 0.1) is 21.4 Å². The molecule has 1 aliphatic carbocycles. The smallest absolute Gasteiger partial charge is 0.258 e. The van der Waals surface area contributed by atoms with Crippen LogP contribution in [0.25, 0.3) is 11.8 Å². The number of allylic oxidation sites excluding steroid dienone is 1. The summed E-state index contributed by atoms with van der Waals surface area (Å²) in [7, 11) is -3.20. The number of ether oxygens (including phenoxy) is 1. The maximum Gasteiger partial charge on any atom is 0.258 e. The molecule has 0 spiro atoms. The minimum absolute atomic E-state index is 0.00327. The van der Waals surface area contributed by atoms with E-state index < -0.39 is 9.84 Å². The summed E-state index contributed by atoms with van der Waals surface area (Å²) in [5.41, 5.74) is 5.85. The van der Waals surface area contributed by atoms with Crippen LogP contribution in [0.3, 0.4) is 0 Å². The minimum Gasteiger partial charge on any atom is -0.487 e. The van der Waals surface area contributed by atoms with Crippen LogP contribution in [-0.2, 0) is 29.4 Å². The number of rotatable bonds is 7. The van der Waals surface area contributed by atoms with Gasteiger partial charge < -0.3 is 10.1 Å². The zero-order valence-corrected chi connectivity index (χ0v) is 23.3. The number of aromatic nitrogens is 2. The number of pyridine rings is 2. The number of aryl methyl sites for hydroxylation is 1. The van der Waals surface area contributed by atoms with Crippen LogP contribution in [0.4, 0.5) is 0 Å². The Morgan fingerprint density at radius 2 is 1.93 bits per heavy atom. The van der Waals surface area contributed by atoms with E-state index in [0.29, 0.717) is 28.6 Å². The van der Waals surface area contributed by atoms with Gasteiger partial charge in [-0.1, -0.05) is 48.0 Å². The van der Waals surface area contributed by atoms with Crippen LogP contribution in [0.2, 0.25) is 5.02 Å². The highest BCUT2D eigenvalue weighted by Crippen LogP contribution is 2.32. The Labute approximate surface area is 238 Å². The molecule has 4 aromatic rings. The van der Waals surface area contributed by atoms with Crippen LogP contribution in [-0.4, -0.2) is 23.7 Å². The van der Waals surface area contributed by atoms with Gasteiger partial charge in [0, 0.05) is 36.7 Å². The monoisotopic (exact) mass is 573 g/mol. The summed E-state index contributed by atoms with van der Waals surface area (Å²) in [5.74, 6) is 0.649. The molecule has 7 nitrogen and oxygen atoms in total. The fraction of sp³-hybridized carbons (Fsp3) is 0.226. The van der Waals surface area contributed by atoms with Crippen molar-refractivity contribution in [3.05, 3.63) is 122 Å². The highest BCUT2D eigenvalue weighted by atomic mass is 35.5. The zero-order chi connectivity index (χ0) is 27.7. The molecule has 2 aliphatic rings. The van der Waals surface area contributed by atoms with E-state index in [0.717, 1.165) is 40.9 Å². The van der Waals surface area contributed by atoms with Crippen LogP contribution < -0.4 is 15.6 Å². The largest absolute Gasteiger partial charge is 0.487 e. The third kappa shape index (κ3) is 5.61. The standard InChI is InChI=1S/C31H28ClN3O4S/c32-24-8-9-25(33-19-24)20-39-27-11-13-35(31(36)17-27)26-10-7-22-15-21(5-6-23(22)16-26)18-34-29-12-14-40(37,38)30-4-2-1-3-28(29)30/h1-6,8-9,11,13,15-17,19,29,34H,7,10,12,14,18,20H2. The molecule has 1 N–H and O–H groups in total. The number of benzene rings is 2. The summed E-state index contributed by atoms with van der Waals surface area (Å²) >= 11 is 5.87. The zero-order valence-electron chi connectivity index (χ0n) is 21.7. The molecular weight excluding hydrogens is 546 g/mol. The molecule has 0 saturated heterocycles. The van der Waals surface area contributed by atoms with Crippen molar-refractivity contribution in [2.24, 2.45) is 0 Å². The summed E-state index contributed by atoms with van der Waals surface area (Å²) in [6.07, 6.45) is 7.52. The highest BCUT2D eigenvalue weighted by molar-refractivity contribution is 7.91. The number of fused-ring (bicyclic) bond motifs is 2. The lowest BCUT2D eigenvalue weighted by Gasteiger charge is -2.26. The number of halogens is 1. The van der Waals surface area contributed by atoms with Crippen LogP contribution in [0, 0.1) is 0 Å². The Kier molecular flexibility index (Phi) is 7.31. The lowest BCUT2D eigenvalue weighted by molar-refractivity contribution is 0.300. The lowest BCUT2D eigenvalue weighted by atomic mass is 9.93. The van der Waals surface area contributed by atoms with E-state index in [-0.39, 0.29) is 24.0 Å². The quantitative estimate of drug-likeness (QED) is 0.317. The Hall–Kier alpha value is -3.72. The first-order chi connectivity index (χ1) is 19.4. The molecule has 40 heavy (non-hydrogen) atoms. The molecule has 3 heterocycles. The minimum atomic E-state index is -3.20. The van der Waals surface area contributed by atoms with Gasteiger partial charge in [0.1, 0.15) is 12.4 Å². The molecule has 2 aromatic carbocycles. The second-order valence-electron chi connectivity index (χ2n) is 10.1. The predicted octanol–water partition coefficient (Wildman–Crippen LogP) is 5.43. The van der Waals surface area contributed by atoms with Crippen molar-refractivity contribution < 1.29 is 13.2 Å². The van der Waals surface area contributed by atoms with Gasteiger partial charge in [-0.3, -0.25) is 14.3 Å². The van der Waals surface area contributed by atoms with Gasteiger partial charge in [-0.2, -0.15) is 0 Å². The maximum atomic E-state index is 12.9. The third-order valence-electron chi connectivity index (χ3n) is 7.41. The third-order valence-corrected chi connectivity index (χ3v) is 9.45. The Morgan fingerprint density at radius 1 is 1.05 bits per heavy atom. The molecule has 0 radical (unpaired) electrons. The first-order valence-electron chi connectivity index (χ1n) is 13.2. The molecule has 1 aliphatic heterocycles. The molecule has 6 rings (SSSR count). The van der Waals surface area contributed by atoms with Gasteiger partial charge in [0.15, 0.2) is 9.84 Å². The fourth-order valence-corrected chi connectivity index (χ4v) is 7.04. The van der Waals surface area contributed by atoms with Crippen molar-refractivity contribution in [3.63, 3.8) is 0 Å². The van der Waals surface area contributed by atoms with Crippen molar-refractivity contribution in [2.45, 2.75) is 43.4 Å². The van der Waals surface area contributed by atoms with Crippen molar-refractivity contribution in [2.75, 3.05) is 5.75 Å². The predicted molar refractivity (Wildman–Crippen MR) is 156 cm³/mol. The number of sulfone groups is 1. The molecule has 1 atom stereocenters. The van der Waals surface area contributed by atoms with Crippen LogP contribution in [0.15, 0.2) is 88.8 Å². The summed E-state index contributed by atoms with van der Waals surface area (Å²) in [6, 6.07) is 20.5. The van der Waals surface area contributed by atoms with Crippen molar-refractivity contribution in [1.29, 1.82) is 0 Å². The SMILES string of the molecule is O=c1cc(OCc2ccc(Cl)cn2)ccn1C1=Cc2ccc(CNC3CCS(=O)(=O)c4ccccc43)cc2CC1. The molecule has 9 heteroatoms. The average Bonchev–Trinajstić information content (AvgIpc) is 2.96. The van der Waals surface area contributed by atoms with Gasteiger partial charge >= 0.3 is 0 Å². The topological polar surface area (TPSA) is 90.3 Å². The van der Waals surface area contributed by atoms with Crippen LogP contribution >= 0.6 is 11.6 Å². The molecule has 0 amide bonds. The second-order valence-corrected chi connectivity index (χ2v) is 12.6. The van der Waals surface area contributed by atoms with E-state index in [1.165, 1.54) is 11.6 Å². The molecule has 2 aromatic heterocycles. The summed E-state index contributed by atoms with van der Waals surface area (Å²) < 4.78 is 32.3. The summed E-state index contributed by atoms with van der Waals surface area (Å²) in [4.78, 5) is 17.5. The van der Waals surface area contributed by atoms with Crippen molar-refractivity contribution in [1.82, 2.24) is 14.9 Å². The molecule has 0 saturated carbocycles. The van der Waals surface area contributed by atoms with E-state index in [9.17, 15) is 13.2 Å². The van der Waals surface area contributed by atoms with E-state index in [4.69, 9.17) is 16.3 Å². The maximum absolute atomic E-state index is 12.9. The fourth-order valence-electron chi connectivity index (χ4n) is 5.31. The molecule has 0 bridgehead atoms. The van der Waals surface area contributed by atoms with Gasteiger partial charge in [-0.05, 0) is 71.9 Å². The molecule has 204 valence electrons. The first-order valence-corrected chi connectivity index (χ1v) is 15.2. The Bertz CT molecular complexity index is 1760. The number of hydrogen-bond donors (Lipinski definition) is 1. The number of nitrogens with zero attached hydrogens (tertiary/aromatic N) is 2. The van der Waals surface area contributed by atoms with Crippen molar-refractivity contribution in [3.8, 4) is 5.75 Å². The second kappa shape index (κ2) is 11.0. The molecule has 0 fully saturated rings. The van der Waals surface area contributed by atoms with Gasteiger partial charge in [0.25, 0.3) is 5.56 Å². The number of hydrogen-bond acceptors (Lipinski definition) is 6. The lowest BCUT2D eigenvalue weighted by Crippen LogP contribution is -2.29. The van der Waals surface area contributed by atoms with E-state index in [1.807, 2.05) is 12.1 Å². The van der Waals surface area contributed by atoms with E-state index in [1.54, 1.807) is 47.3 Å². The Morgan fingerprint density at radius 3 is 2.75 bits per heavy atom. The van der Waals surface area contributed by atoms with E-state index >= 15 is 0 Å². The summed E-state index contributed by atoms with van der Waals surface area (Å²) in [5, 5.41) is 4.12. The first kappa shape index (κ1) is 26.5. The van der Waals surface area contributed by atoms with Crippen molar-refractivity contribution >= 4 is 33.2 Å². The van der Waals surface area contributed by atoms with Crippen LogP contribution in [0.1, 0.15) is 46.8 Å². The summed E-state index contributed by atoms with van der Waals surface area (Å²) in [6.45, 7) is 0.898. The molecular formula is C31H28ClN3O4S. The average molecular weight is 574 g/mol. The van der Waals surface area contributed by atoms with Gasteiger partial charge in [0.2, 0.25) is 0 Å². The van der Waals surface area contributed by atoms with E-state index in [2.05, 4.69) is 34.6 Å². The normalized spacial score (nSPS) is 17.4. The number of nitrogens with one attached hydrogen (secondary N) is 1. The van der Waals surface area contributed by atoms with Gasteiger partial charge in [-0.25, -0.2) is 8.42 Å². The molecule has 1 unspecified atom stereocenters. The van der Waals surface area contributed by atoms with Gasteiger partial charge in [-0.15, -0.1) is 0 Å².